The van der Waals surface area contributed by atoms with E-state index in [-0.39, 0.29) is 18.1 Å². The summed E-state index contributed by atoms with van der Waals surface area (Å²) in [5.41, 5.74) is 3.23. The summed E-state index contributed by atoms with van der Waals surface area (Å²) in [6.45, 7) is 4.09. The molecule has 7 heteroatoms. The van der Waals surface area contributed by atoms with Crippen LogP contribution >= 0.6 is 0 Å². The third kappa shape index (κ3) is 7.54. The number of hydrogen-bond acceptors (Lipinski definition) is 5. The first-order chi connectivity index (χ1) is 19.0. The fraction of sp³-hybridized carbons (Fsp3) is 0.250. The van der Waals surface area contributed by atoms with Crippen LogP contribution in [0.25, 0.3) is 0 Å². The third-order valence-electron chi connectivity index (χ3n) is 6.33. The standard InChI is InChI=1S/C32H33NO5S/c1-3-37-32(35)24(2)38-28-16-10-17-29(22-28)39(36)21-11-20-33-23-27(18-19-30(33)34)31(25-12-6-4-7-13-25)26-14-8-5-9-15-26/h4-10,12-19,22-24,31H,3,11,20-21H2,1-2H3. The van der Waals surface area contributed by atoms with E-state index in [0.29, 0.717) is 29.4 Å². The van der Waals surface area contributed by atoms with Crippen LogP contribution in [-0.4, -0.2) is 33.2 Å². The van der Waals surface area contributed by atoms with Crippen molar-refractivity contribution in [3.8, 4) is 5.75 Å². The molecule has 1 aromatic heterocycles. The van der Waals surface area contributed by atoms with E-state index in [1.54, 1.807) is 48.7 Å². The molecule has 39 heavy (non-hydrogen) atoms. The smallest absolute Gasteiger partial charge is 0.347 e. The van der Waals surface area contributed by atoms with E-state index in [1.807, 2.05) is 48.7 Å². The van der Waals surface area contributed by atoms with Gasteiger partial charge in [-0.2, -0.15) is 0 Å². The van der Waals surface area contributed by atoms with Gasteiger partial charge in [0.1, 0.15) is 5.75 Å². The lowest BCUT2D eigenvalue weighted by molar-refractivity contribution is -0.150. The monoisotopic (exact) mass is 543 g/mol. The maximum Gasteiger partial charge on any atom is 0.347 e. The van der Waals surface area contributed by atoms with Crippen LogP contribution in [0.4, 0.5) is 0 Å². The van der Waals surface area contributed by atoms with Crippen molar-refractivity contribution in [3.63, 3.8) is 0 Å². The zero-order valence-electron chi connectivity index (χ0n) is 22.2. The number of nitrogens with zero attached hydrogens (tertiary/aromatic N) is 1. The largest absolute Gasteiger partial charge is 0.479 e. The minimum Gasteiger partial charge on any atom is -0.479 e. The highest BCUT2D eigenvalue weighted by atomic mass is 32.2. The Morgan fingerprint density at radius 2 is 1.54 bits per heavy atom. The van der Waals surface area contributed by atoms with Crippen molar-refractivity contribution in [1.29, 1.82) is 0 Å². The molecule has 0 fully saturated rings. The van der Waals surface area contributed by atoms with Crippen molar-refractivity contribution in [2.75, 3.05) is 12.4 Å². The van der Waals surface area contributed by atoms with Crippen LogP contribution in [0.1, 0.15) is 42.9 Å². The summed E-state index contributed by atoms with van der Waals surface area (Å²) in [5.74, 6) is 0.388. The lowest BCUT2D eigenvalue weighted by atomic mass is 9.86. The predicted octanol–water partition coefficient (Wildman–Crippen LogP) is 5.56. The van der Waals surface area contributed by atoms with Gasteiger partial charge < -0.3 is 14.0 Å². The number of carbonyl (C=O) groups excluding carboxylic acids is 1. The van der Waals surface area contributed by atoms with Crippen LogP contribution in [0.15, 0.2) is 113 Å². The molecule has 0 bridgehead atoms. The summed E-state index contributed by atoms with van der Waals surface area (Å²) in [5, 5.41) is 0. The number of carbonyl (C=O) groups is 1. The van der Waals surface area contributed by atoms with E-state index in [1.165, 1.54) is 0 Å². The number of aromatic nitrogens is 1. The molecule has 2 unspecified atom stereocenters. The molecule has 0 radical (unpaired) electrons. The topological polar surface area (TPSA) is 74.6 Å². The Labute approximate surface area is 231 Å². The van der Waals surface area contributed by atoms with Gasteiger partial charge in [-0.15, -0.1) is 0 Å². The summed E-state index contributed by atoms with van der Waals surface area (Å²) in [4.78, 5) is 25.2. The van der Waals surface area contributed by atoms with Crippen molar-refractivity contribution >= 4 is 16.8 Å². The molecule has 0 saturated carbocycles. The summed E-state index contributed by atoms with van der Waals surface area (Å²) in [6, 6.07) is 30.9. The average Bonchev–Trinajstić information content (AvgIpc) is 2.96. The number of pyridine rings is 1. The van der Waals surface area contributed by atoms with Gasteiger partial charge in [0, 0.05) is 35.4 Å². The van der Waals surface area contributed by atoms with Crippen LogP contribution in [0.2, 0.25) is 0 Å². The minimum atomic E-state index is -1.29. The first-order valence-electron chi connectivity index (χ1n) is 13.1. The van der Waals surface area contributed by atoms with Gasteiger partial charge in [-0.1, -0.05) is 72.8 Å². The Bertz CT molecular complexity index is 1410. The van der Waals surface area contributed by atoms with Crippen molar-refractivity contribution in [2.45, 2.75) is 43.7 Å². The zero-order chi connectivity index (χ0) is 27.6. The zero-order valence-corrected chi connectivity index (χ0v) is 23.0. The summed E-state index contributed by atoms with van der Waals surface area (Å²) in [6.07, 6.45) is 1.71. The van der Waals surface area contributed by atoms with Gasteiger partial charge in [-0.25, -0.2) is 4.79 Å². The fourth-order valence-electron chi connectivity index (χ4n) is 4.45. The third-order valence-corrected chi connectivity index (χ3v) is 7.77. The van der Waals surface area contributed by atoms with Gasteiger partial charge in [0.2, 0.25) is 0 Å². The van der Waals surface area contributed by atoms with Crippen LogP contribution in [0.5, 0.6) is 5.75 Å². The van der Waals surface area contributed by atoms with E-state index in [4.69, 9.17) is 9.47 Å². The molecule has 0 saturated heterocycles. The van der Waals surface area contributed by atoms with Gasteiger partial charge in [0.05, 0.1) is 17.4 Å². The molecular formula is C32H33NO5S. The second-order valence-electron chi connectivity index (χ2n) is 9.14. The number of rotatable bonds is 12. The summed E-state index contributed by atoms with van der Waals surface area (Å²) < 4.78 is 25.4. The molecule has 3 aromatic carbocycles. The molecule has 0 amide bonds. The Morgan fingerprint density at radius 3 is 2.18 bits per heavy atom. The summed E-state index contributed by atoms with van der Waals surface area (Å²) >= 11 is 0. The molecule has 0 aliphatic rings. The van der Waals surface area contributed by atoms with Crippen LogP contribution in [0.3, 0.4) is 0 Å². The number of aryl methyl sites for hydroxylation is 1. The molecule has 4 rings (SSSR count). The lowest BCUT2D eigenvalue weighted by Gasteiger charge is -2.20. The predicted molar refractivity (Wildman–Crippen MR) is 154 cm³/mol. The second kappa shape index (κ2) is 13.7. The van der Waals surface area contributed by atoms with Gasteiger partial charge in [0.15, 0.2) is 6.10 Å². The van der Waals surface area contributed by atoms with Crippen molar-refractivity contribution in [2.24, 2.45) is 0 Å². The maximum atomic E-state index is 13.0. The van der Waals surface area contributed by atoms with Gasteiger partial charge in [0.25, 0.3) is 5.56 Å². The number of ether oxygens (including phenoxy) is 2. The molecule has 0 spiro atoms. The highest BCUT2D eigenvalue weighted by molar-refractivity contribution is 7.85. The Balaban J connectivity index is 1.45. The first kappa shape index (κ1) is 28.0. The normalized spacial score (nSPS) is 12.6. The van der Waals surface area contributed by atoms with Gasteiger partial charge in [-0.05, 0) is 55.2 Å². The molecule has 2 atom stereocenters. The van der Waals surface area contributed by atoms with Gasteiger partial charge in [-0.3, -0.25) is 9.00 Å². The van der Waals surface area contributed by atoms with Crippen molar-refractivity contribution < 1.29 is 18.5 Å². The van der Waals surface area contributed by atoms with E-state index < -0.39 is 22.9 Å². The second-order valence-corrected chi connectivity index (χ2v) is 10.7. The quantitative estimate of drug-likeness (QED) is 0.219. The van der Waals surface area contributed by atoms with Gasteiger partial charge >= 0.3 is 5.97 Å². The molecule has 0 aliphatic heterocycles. The van der Waals surface area contributed by atoms with E-state index in [0.717, 1.165) is 16.7 Å². The molecular weight excluding hydrogens is 510 g/mol. The average molecular weight is 544 g/mol. The Kier molecular flexibility index (Phi) is 9.86. The van der Waals surface area contributed by atoms with E-state index >= 15 is 0 Å². The molecule has 1 heterocycles. The lowest BCUT2D eigenvalue weighted by Crippen LogP contribution is -2.26. The molecule has 0 aliphatic carbocycles. The number of esters is 1. The maximum absolute atomic E-state index is 13.0. The minimum absolute atomic E-state index is 0.00637. The fourth-order valence-corrected chi connectivity index (χ4v) is 5.55. The Morgan fingerprint density at radius 1 is 0.872 bits per heavy atom. The van der Waals surface area contributed by atoms with Crippen LogP contribution in [-0.2, 0) is 26.9 Å². The highest BCUT2D eigenvalue weighted by Gasteiger charge is 2.18. The van der Waals surface area contributed by atoms with Crippen molar-refractivity contribution in [3.05, 3.63) is 130 Å². The summed E-state index contributed by atoms with van der Waals surface area (Å²) in [7, 11) is -1.29. The molecule has 0 N–H and O–H groups in total. The molecule has 4 aromatic rings. The highest BCUT2D eigenvalue weighted by Crippen LogP contribution is 2.31. The Hall–Kier alpha value is -3.97. The number of benzene rings is 3. The number of hydrogen-bond donors (Lipinski definition) is 0. The first-order valence-corrected chi connectivity index (χ1v) is 14.4. The van der Waals surface area contributed by atoms with Crippen LogP contribution < -0.4 is 10.3 Å². The van der Waals surface area contributed by atoms with Crippen molar-refractivity contribution in [1.82, 2.24) is 4.57 Å². The van der Waals surface area contributed by atoms with Crippen LogP contribution in [0, 0.1) is 0 Å². The molecule has 6 nitrogen and oxygen atoms in total. The van der Waals surface area contributed by atoms with E-state index in [2.05, 4.69) is 24.3 Å². The molecule has 202 valence electrons. The SMILES string of the molecule is CCOC(=O)C(C)Oc1cccc(S(=O)CCCn2cc(C(c3ccccc3)c3ccccc3)ccc2=O)c1. The van der Waals surface area contributed by atoms with E-state index in [9.17, 15) is 13.8 Å².